The number of aliphatic hydroxyl groups excluding tert-OH is 1. The van der Waals surface area contributed by atoms with E-state index in [1.807, 2.05) is 0 Å². The molecule has 0 aliphatic carbocycles. The molecule has 0 radical (unpaired) electrons. The molecule has 1 unspecified atom stereocenters. The summed E-state index contributed by atoms with van der Waals surface area (Å²) in [5.41, 5.74) is 0. The summed E-state index contributed by atoms with van der Waals surface area (Å²) in [6.45, 7) is 0.870. The summed E-state index contributed by atoms with van der Waals surface area (Å²) in [4.78, 5) is 13.3. The number of hydrogen-bond donors (Lipinski definition) is 2. The van der Waals surface area contributed by atoms with Gasteiger partial charge in [0.05, 0.1) is 29.1 Å². The Morgan fingerprint density at radius 3 is 2.95 bits per heavy atom. The van der Waals surface area contributed by atoms with Gasteiger partial charge in [0.15, 0.2) is 0 Å². The molecule has 0 spiro atoms. The van der Waals surface area contributed by atoms with Crippen molar-refractivity contribution in [2.45, 2.75) is 12.5 Å². The number of carbonyl (C=O) groups is 1. The Morgan fingerprint density at radius 1 is 1.50 bits per heavy atom. The van der Waals surface area contributed by atoms with E-state index in [0.29, 0.717) is 24.4 Å². The summed E-state index contributed by atoms with van der Waals surface area (Å²) in [5.74, 6) is 5.57. The molecule has 2 N–H and O–H groups in total. The first-order valence-corrected chi connectivity index (χ1v) is 7.02. The van der Waals surface area contributed by atoms with Crippen molar-refractivity contribution in [3.63, 3.8) is 0 Å². The zero-order valence-corrected chi connectivity index (χ0v) is 12.5. The first-order valence-electron chi connectivity index (χ1n) is 6.20. The lowest BCUT2D eigenvalue weighted by Crippen LogP contribution is -2.35. The molecule has 0 aliphatic heterocycles. The van der Waals surface area contributed by atoms with E-state index in [2.05, 4.69) is 17.2 Å². The van der Waals surface area contributed by atoms with Gasteiger partial charge in [-0.15, -0.1) is 11.3 Å². The number of nitrogens with one attached hydrogen (secondary N) is 1. The molecule has 0 saturated carbocycles. The molecule has 110 valence electrons. The van der Waals surface area contributed by atoms with E-state index in [0.717, 1.165) is 4.88 Å². The highest BCUT2D eigenvalue weighted by atomic mass is 32.1. The minimum absolute atomic E-state index is 0.0453. The van der Waals surface area contributed by atoms with Crippen LogP contribution in [0.3, 0.4) is 0 Å². The average molecular weight is 297 g/mol. The fraction of sp³-hybridized carbons (Fsp3) is 0.500. The van der Waals surface area contributed by atoms with Crippen LogP contribution in [0.15, 0.2) is 12.1 Å². The highest BCUT2D eigenvalue weighted by Crippen LogP contribution is 2.15. The largest absolute Gasteiger partial charge is 0.395 e. The van der Waals surface area contributed by atoms with Crippen LogP contribution < -0.4 is 5.32 Å². The van der Waals surface area contributed by atoms with Crippen LogP contribution in [-0.4, -0.2) is 51.1 Å². The Morgan fingerprint density at radius 2 is 2.30 bits per heavy atom. The van der Waals surface area contributed by atoms with Gasteiger partial charge in [-0.3, -0.25) is 4.79 Å². The number of amides is 1. The van der Waals surface area contributed by atoms with Crippen LogP contribution in [-0.2, 0) is 9.47 Å². The van der Waals surface area contributed by atoms with E-state index < -0.39 is 0 Å². The lowest BCUT2D eigenvalue weighted by Gasteiger charge is -2.14. The number of rotatable bonds is 7. The van der Waals surface area contributed by atoms with E-state index in [4.69, 9.17) is 14.6 Å². The molecular weight excluding hydrogens is 278 g/mol. The van der Waals surface area contributed by atoms with Crippen LogP contribution in [0.5, 0.6) is 0 Å². The van der Waals surface area contributed by atoms with E-state index in [9.17, 15) is 4.79 Å². The van der Waals surface area contributed by atoms with Gasteiger partial charge in [0.25, 0.3) is 5.91 Å². The third kappa shape index (κ3) is 5.72. The van der Waals surface area contributed by atoms with Crippen molar-refractivity contribution >= 4 is 17.2 Å². The second-order valence-electron chi connectivity index (χ2n) is 3.96. The molecule has 20 heavy (non-hydrogen) atoms. The van der Waals surface area contributed by atoms with Crippen LogP contribution in [0, 0.1) is 11.8 Å². The zero-order chi connectivity index (χ0) is 14.8. The summed E-state index contributed by atoms with van der Waals surface area (Å²) in [7, 11) is 3.17. The Labute approximate surface area is 122 Å². The van der Waals surface area contributed by atoms with Crippen LogP contribution in [0.4, 0.5) is 0 Å². The van der Waals surface area contributed by atoms with Crippen molar-refractivity contribution in [1.82, 2.24) is 5.32 Å². The van der Waals surface area contributed by atoms with Crippen molar-refractivity contribution in [2.75, 3.05) is 34.0 Å². The molecule has 0 saturated heterocycles. The SMILES string of the molecule is COCC(CNC(=O)c1ccc(C#CCCO)s1)OC. The van der Waals surface area contributed by atoms with Crippen LogP contribution in [0.2, 0.25) is 0 Å². The summed E-state index contributed by atoms with van der Waals surface area (Å²) < 4.78 is 10.1. The van der Waals surface area contributed by atoms with Gasteiger partial charge in [-0.25, -0.2) is 0 Å². The van der Waals surface area contributed by atoms with E-state index >= 15 is 0 Å². The predicted molar refractivity (Wildman–Crippen MR) is 77.9 cm³/mol. The van der Waals surface area contributed by atoms with Crippen molar-refractivity contribution in [3.8, 4) is 11.8 Å². The Hall–Kier alpha value is -1.39. The van der Waals surface area contributed by atoms with Gasteiger partial charge in [0.1, 0.15) is 0 Å². The number of methoxy groups -OCH3 is 2. The highest BCUT2D eigenvalue weighted by Gasteiger charge is 2.12. The van der Waals surface area contributed by atoms with Gasteiger partial charge in [-0.1, -0.05) is 11.8 Å². The van der Waals surface area contributed by atoms with Gasteiger partial charge >= 0.3 is 0 Å². The minimum atomic E-state index is -0.160. The summed E-state index contributed by atoms with van der Waals surface area (Å²) in [6, 6.07) is 3.54. The number of ether oxygens (including phenoxy) is 2. The fourth-order valence-electron chi connectivity index (χ4n) is 1.42. The zero-order valence-electron chi connectivity index (χ0n) is 11.6. The normalized spacial score (nSPS) is 11.6. The maximum atomic E-state index is 11.9. The minimum Gasteiger partial charge on any atom is -0.395 e. The molecule has 1 rings (SSSR count). The predicted octanol–water partition coefficient (Wildman–Crippen LogP) is 0.873. The second-order valence-corrected chi connectivity index (χ2v) is 5.05. The first kappa shape index (κ1) is 16.7. The fourth-order valence-corrected chi connectivity index (χ4v) is 2.22. The number of aliphatic hydroxyl groups is 1. The highest BCUT2D eigenvalue weighted by molar-refractivity contribution is 7.14. The molecule has 0 fully saturated rings. The van der Waals surface area contributed by atoms with Crippen LogP contribution in [0.1, 0.15) is 21.0 Å². The van der Waals surface area contributed by atoms with Crippen molar-refractivity contribution in [1.29, 1.82) is 0 Å². The molecule has 6 heteroatoms. The third-order valence-electron chi connectivity index (χ3n) is 2.45. The molecule has 1 heterocycles. The second kappa shape index (κ2) is 9.50. The monoisotopic (exact) mass is 297 g/mol. The van der Waals surface area contributed by atoms with E-state index in [-0.39, 0.29) is 18.6 Å². The summed E-state index contributed by atoms with van der Waals surface area (Å²) in [6.07, 6.45) is 0.277. The molecule has 1 atom stereocenters. The molecule has 5 nitrogen and oxygen atoms in total. The Kier molecular flexibility index (Phi) is 7.92. The van der Waals surface area contributed by atoms with Gasteiger partial charge < -0.3 is 19.9 Å². The number of carbonyl (C=O) groups excluding carboxylic acids is 1. The number of hydrogen-bond acceptors (Lipinski definition) is 5. The molecule has 0 aromatic carbocycles. The first-order chi connectivity index (χ1) is 9.71. The van der Waals surface area contributed by atoms with Crippen LogP contribution >= 0.6 is 11.3 Å². The molecule has 1 aromatic rings. The lowest BCUT2D eigenvalue weighted by atomic mass is 10.3. The van der Waals surface area contributed by atoms with Crippen molar-refractivity contribution in [2.24, 2.45) is 0 Å². The molecular formula is C14H19NO4S. The quantitative estimate of drug-likeness (QED) is 0.733. The third-order valence-corrected chi connectivity index (χ3v) is 3.45. The standard InChI is InChI=1S/C14H19NO4S/c1-18-10-11(19-2)9-15-14(17)13-7-6-12(20-13)5-3-4-8-16/h6-7,11,16H,4,8-10H2,1-2H3,(H,15,17). The topological polar surface area (TPSA) is 67.8 Å². The lowest BCUT2D eigenvalue weighted by molar-refractivity contribution is 0.0286. The maximum Gasteiger partial charge on any atom is 0.261 e. The van der Waals surface area contributed by atoms with Gasteiger partial charge in [0, 0.05) is 27.2 Å². The molecule has 1 amide bonds. The average Bonchev–Trinajstić information content (AvgIpc) is 2.92. The molecule has 0 bridgehead atoms. The maximum absolute atomic E-state index is 11.9. The van der Waals surface area contributed by atoms with Gasteiger partial charge in [0.2, 0.25) is 0 Å². The van der Waals surface area contributed by atoms with Crippen molar-refractivity contribution in [3.05, 3.63) is 21.9 Å². The Balaban J connectivity index is 2.50. The Bertz CT molecular complexity index is 475. The molecule has 1 aromatic heterocycles. The van der Waals surface area contributed by atoms with Crippen molar-refractivity contribution < 1.29 is 19.4 Å². The van der Waals surface area contributed by atoms with E-state index in [1.165, 1.54) is 11.3 Å². The summed E-state index contributed by atoms with van der Waals surface area (Å²) >= 11 is 1.32. The smallest absolute Gasteiger partial charge is 0.261 e. The van der Waals surface area contributed by atoms with E-state index in [1.54, 1.807) is 26.4 Å². The van der Waals surface area contributed by atoms with Gasteiger partial charge in [-0.05, 0) is 12.1 Å². The van der Waals surface area contributed by atoms with Gasteiger partial charge in [-0.2, -0.15) is 0 Å². The summed E-state index contributed by atoms with van der Waals surface area (Å²) in [5, 5.41) is 11.4. The molecule has 0 aliphatic rings. The van der Waals surface area contributed by atoms with Crippen LogP contribution in [0.25, 0.3) is 0 Å². The number of thiophene rings is 1.